The van der Waals surface area contributed by atoms with Crippen LogP contribution in [0.4, 0.5) is 5.95 Å². The molecule has 0 saturated heterocycles. The van der Waals surface area contributed by atoms with Crippen LogP contribution in [0.15, 0.2) is 76.6 Å². The van der Waals surface area contributed by atoms with E-state index >= 15 is 0 Å². The number of anilines is 1. The topological polar surface area (TPSA) is 87.0 Å². The molecular weight excluding hydrogens is 408 g/mol. The SMILES string of the molecule is COc1cc(/C=N/Nc2nc3ccccc3c(=O)n2-c2ccccc2)cc(OC)c1OC. The Morgan fingerprint density at radius 1 is 0.906 bits per heavy atom. The van der Waals surface area contributed by atoms with Gasteiger partial charge in [0.25, 0.3) is 5.56 Å². The summed E-state index contributed by atoms with van der Waals surface area (Å²) in [6.45, 7) is 0. The first-order valence-electron chi connectivity index (χ1n) is 9.82. The fourth-order valence-electron chi connectivity index (χ4n) is 3.36. The Labute approximate surface area is 184 Å². The molecule has 0 aliphatic carbocycles. The first-order chi connectivity index (χ1) is 15.7. The number of benzene rings is 3. The highest BCUT2D eigenvalue weighted by atomic mass is 16.5. The van der Waals surface area contributed by atoms with E-state index in [0.717, 1.165) is 0 Å². The molecule has 8 heteroatoms. The van der Waals surface area contributed by atoms with Crippen LogP contribution in [0.2, 0.25) is 0 Å². The fourth-order valence-corrected chi connectivity index (χ4v) is 3.36. The molecular formula is C24H22N4O4. The molecule has 0 atom stereocenters. The largest absolute Gasteiger partial charge is 0.493 e. The highest BCUT2D eigenvalue weighted by Crippen LogP contribution is 2.37. The van der Waals surface area contributed by atoms with Crippen LogP contribution in [0, 0.1) is 0 Å². The monoisotopic (exact) mass is 430 g/mol. The molecule has 1 heterocycles. The molecule has 162 valence electrons. The van der Waals surface area contributed by atoms with Crippen LogP contribution in [-0.4, -0.2) is 37.1 Å². The third-order valence-electron chi connectivity index (χ3n) is 4.86. The highest BCUT2D eigenvalue weighted by Gasteiger charge is 2.14. The van der Waals surface area contributed by atoms with Crippen LogP contribution in [0.3, 0.4) is 0 Å². The van der Waals surface area contributed by atoms with Crippen molar-refractivity contribution in [2.24, 2.45) is 5.10 Å². The van der Waals surface area contributed by atoms with Crippen molar-refractivity contribution in [3.05, 3.63) is 82.6 Å². The van der Waals surface area contributed by atoms with E-state index in [1.54, 1.807) is 51.8 Å². The minimum absolute atomic E-state index is 0.188. The molecule has 0 amide bonds. The Balaban J connectivity index is 1.75. The Bertz CT molecular complexity index is 1310. The molecule has 0 bridgehead atoms. The van der Waals surface area contributed by atoms with Gasteiger partial charge in [0, 0.05) is 5.56 Å². The number of hydrazone groups is 1. The predicted octanol–water partition coefficient (Wildman–Crippen LogP) is 3.86. The van der Waals surface area contributed by atoms with E-state index in [1.165, 1.54) is 4.57 Å². The average Bonchev–Trinajstić information content (AvgIpc) is 2.84. The highest BCUT2D eigenvalue weighted by molar-refractivity contribution is 5.83. The van der Waals surface area contributed by atoms with E-state index in [0.29, 0.717) is 45.4 Å². The van der Waals surface area contributed by atoms with Crippen molar-refractivity contribution in [3.63, 3.8) is 0 Å². The standard InChI is InChI=1S/C24H22N4O4/c1-30-20-13-16(14-21(31-2)22(20)32-3)15-25-27-24-26-19-12-8-7-11-18(19)23(29)28(24)17-9-5-4-6-10-17/h4-15H,1-3H3,(H,26,27)/b25-15+. The molecule has 0 aliphatic heterocycles. The lowest BCUT2D eigenvalue weighted by Gasteiger charge is -2.13. The van der Waals surface area contributed by atoms with Crippen LogP contribution in [0.1, 0.15) is 5.56 Å². The van der Waals surface area contributed by atoms with Crippen LogP contribution in [0.25, 0.3) is 16.6 Å². The number of nitrogens with zero attached hydrogens (tertiary/aromatic N) is 3. The van der Waals surface area contributed by atoms with Crippen molar-refractivity contribution < 1.29 is 14.2 Å². The molecule has 0 saturated carbocycles. The number of rotatable bonds is 7. The first-order valence-corrected chi connectivity index (χ1v) is 9.82. The summed E-state index contributed by atoms with van der Waals surface area (Å²) in [7, 11) is 4.64. The van der Waals surface area contributed by atoms with Gasteiger partial charge in [-0.3, -0.25) is 4.79 Å². The van der Waals surface area contributed by atoms with Crippen molar-refractivity contribution in [2.75, 3.05) is 26.8 Å². The number of hydrogen-bond acceptors (Lipinski definition) is 7. The number of para-hydroxylation sites is 2. The lowest BCUT2D eigenvalue weighted by molar-refractivity contribution is 0.324. The number of hydrogen-bond donors (Lipinski definition) is 1. The first kappa shape index (κ1) is 20.9. The molecule has 8 nitrogen and oxygen atoms in total. The van der Waals surface area contributed by atoms with Gasteiger partial charge >= 0.3 is 0 Å². The number of fused-ring (bicyclic) bond motifs is 1. The summed E-state index contributed by atoms with van der Waals surface area (Å²) in [6, 6.07) is 20.0. The van der Waals surface area contributed by atoms with Crippen molar-refractivity contribution in [2.45, 2.75) is 0 Å². The predicted molar refractivity (Wildman–Crippen MR) is 125 cm³/mol. The van der Waals surface area contributed by atoms with Gasteiger partial charge in [0.05, 0.1) is 44.1 Å². The Kier molecular flexibility index (Phi) is 6.03. The van der Waals surface area contributed by atoms with Gasteiger partial charge in [0.1, 0.15) is 0 Å². The molecule has 4 aromatic rings. The van der Waals surface area contributed by atoms with Gasteiger partial charge in [-0.05, 0) is 36.4 Å². The van der Waals surface area contributed by atoms with Gasteiger partial charge < -0.3 is 14.2 Å². The fraction of sp³-hybridized carbons (Fsp3) is 0.125. The summed E-state index contributed by atoms with van der Waals surface area (Å²) in [6.07, 6.45) is 1.58. The summed E-state index contributed by atoms with van der Waals surface area (Å²) in [5.74, 6) is 1.81. The van der Waals surface area contributed by atoms with E-state index < -0.39 is 0 Å². The molecule has 0 unspecified atom stereocenters. The average molecular weight is 430 g/mol. The van der Waals surface area contributed by atoms with Crippen LogP contribution in [-0.2, 0) is 0 Å². The van der Waals surface area contributed by atoms with Crippen molar-refractivity contribution >= 4 is 23.1 Å². The maximum Gasteiger partial charge on any atom is 0.267 e. The number of ether oxygens (including phenoxy) is 3. The zero-order chi connectivity index (χ0) is 22.5. The van der Waals surface area contributed by atoms with Gasteiger partial charge in [-0.15, -0.1) is 0 Å². The summed E-state index contributed by atoms with van der Waals surface area (Å²) in [5, 5.41) is 4.83. The van der Waals surface area contributed by atoms with E-state index in [1.807, 2.05) is 42.5 Å². The maximum absolute atomic E-state index is 13.2. The third kappa shape index (κ3) is 3.98. The zero-order valence-electron chi connectivity index (χ0n) is 17.9. The summed E-state index contributed by atoms with van der Waals surface area (Å²) in [4.78, 5) is 17.8. The lowest BCUT2D eigenvalue weighted by Crippen LogP contribution is -2.22. The van der Waals surface area contributed by atoms with Crippen molar-refractivity contribution in [3.8, 4) is 22.9 Å². The van der Waals surface area contributed by atoms with Crippen molar-refractivity contribution in [1.29, 1.82) is 0 Å². The number of methoxy groups -OCH3 is 3. The van der Waals surface area contributed by atoms with E-state index in [2.05, 4.69) is 15.5 Å². The van der Waals surface area contributed by atoms with Gasteiger partial charge in [0.2, 0.25) is 11.7 Å². The molecule has 3 aromatic carbocycles. The zero-order valence-corrected chi connectivity index (χ0v) is 17.9. The van der Waals surface area contributed by atoms with Crippen LogP contribution >= 0.6 is 0 Å². The van der Waals surface area contributed by atoms with E-state index in [4.69, 9.17) is 14.2 Å². The number of aromatic nitrogens is 2. The molecule has 0 radical (unpaired) electrons. The molecule has 0 fully saturated rings. The Morgan fingerprint density at radius 3 is 2.22 bits per heavy atom. The summed E-state index contributed by atoms with van der Waals surface area (Å²) < 4.78 is 17.6. The van der Waals surface area contributed by atoms with Gasteiger partial charge in [0.15, 0.2) is 11.5 Å². The second-order valence-electron chi connectivity index (χ2n) is 6.76. The minimum Gasteiger partial charge on any atom is -0.493 e. The molecule has 0 aliphatic rings. The van der Waals surface area contributed by atoms with Gasteiger partial charge in [-0.2, -0.15) is 5.10 Å². The molecule has 1 aromatic heterocycles. The molecule has 32 heavy (non-hydrogen) atoms. The maximum atomic E-state index is 13.2. The summed E-state index contributed by atoms with van der Waals surface area (Å²) in [5.41, 5.74) is 4.69. The molecule has 4 rings (SSSR count). The van der Waals surface area contributed by atoms with Crippen molar-refractivity contribution in [1.82, 2.24) is 9.55 Å². The van der Waals surface area contributed by atoms with Gasteiger partial charge in [-0.25, -0.2) is 15.0 Å². The number of nitrogens with one attached hydrogen (secondary N) is 1. The smallest absolute Gasteiger partial charge is 0.267 e. The van der Waals surface area contributed by atoms with E-state index in [9.17, 15) is 4.79 Å². The molecule has 1 N–H and O–H groups in total. The van der Waals surface area contributed by atoms with Crippen LogP contribution < -0.4 is 25.2 Å². The molecule has 0 spiro atoms. The van der Waals surface area contributed by atoms with E-state index in [-0.39, 0.29) is 5.56 Å². The normalized spacial score (nSPS) is 11.0. The lowest BCUT2D eigenvalue weighted by atomic mass is 10.2. The Morgan fingerprint density at radius 2 is 1.56 bits per heavy atom. The third-order valence-corrected chi connectivity index (χ3v) is 4.86. The van der Waals surface area contributed by atoms with Crippen LogP contribution in [0.5, 0.6) is 17.2 Å². The van der Waals surface area contributed by atoms with Gasteiger partial charge in [-0.1, -0.05) is 30.3 Å². The Hall–Kier alpha value is -4.33. The second kappa shape index (κ2) is 9.22. The summed E-state index contributed by atoms with van der Waals surface area (Å²) >= 11 is 0. The second-order valence-corrected chi connectivity index (χ2v) is 6.76. The minimum atomic E-state index is -0.188. The quantitative estimate of drug-likeness (QED) is 0.354.